The molecule has 0 heteroatoms. The van der Waals surface area contributed by atoms with E-state index in [9.17, 15) is 0 Å². The summed E-state index contributed by atoms with van der Waals surface area (Å²) >= 11 is 0. The van der Waals surface area contributed by atoms with Crippen molar-refractivity contribution >= 4 is 0 Å². The second-order valence-electron chi connectivity index (χ2n) is 7.01. The van der Waals surface area contributed by atoms with Crippen LogP contribution in [0.3, 0.4) is 0 Å². The maximum absolute atomic E-state index is 2.45. The van der Waals surface area contributed by atoms with E-state index in [1.807, 2.05) is 0 Å². The average Bonchev–Trinajstić information content (AvgIpc) is 2.59. The molecule has 1 aromatic rings. The maximum Gasteiger partial charge on any atom is -0.0248 e. The summed E-state index contributed by atoms with van der Waals surface area (Å²) in [7, 11) is 0. The zero-order valence-corrected chi connectivity index (χ0v) is 15.6. The first-order valence-electron chi connectivity index (χ1n) is 10.3. The van der Waals surface area contributed by atoms with Crippen LogP contribution in [0, 0.1) is 6.42 Å². The van der Waals surface area contributed by atoms with E-state index in [0.29, 0.717) is 0 Å². The Morgan fingerprint density at radius 3 is 1.61 bits per heavy atom. The Morgan fingerprint density at radius 1 is 0.609 bits per heavy atom. The topological polar surface area (TPSA) is 0 Å². The van der Waals surface area contributed by atoms with Gasteiger partial charge >= 0.3 is 0 Å². The van der Waals surface area contributed by atoms with Gasteiger partial charge in [0.25, 0.3) is 0 Å². The molecule has 0 aliphatic heterocycles. The van der Waals surface area contributed by atoms with Crippen molar-refractivity contribution < 1.29 is 0 Å². The fourth-order valence-electron chi connectivity index (χ4n) is 3.19. The Labute approximate surface area is 146 Å². The van der Waals surface area contributed by atoms with Gasteiger partial charge in [0, 0.05) is 0 Å². The number of unbranched alkanes of at least 4 members (excludes halogenated alkanes) is 14. The second-order valence-corrected chi connectivity index (χ2v) is 7.01. The van der Waals surface area contributed by atoms with Crippen molar-refractivity contribution in [2.75, 3.05) is 0 Å². The van der Waals surface area contributed by atoms with Gasteiger partial charge in [0.2, 0.25) is 0 Å². The van der Waals surface area contributed by atoms with Gasteiger partial charge in [-0.15, -0.1) is 0 Å². The van der Waals surface area contributed by atoms with E-state index in [0.717, 1.165) is 6.42 Å². The molecule has 0 heterocycles. The lowest BCUT2D eigenvalue weighted by atomic mass is 10.0. The lowest BCUT2D eigenvalue weighted by molar-refractivity contribution is 0.538. The van der Waals surface area contributed by atoms with Crippen LogP contribution in [0.25, 0.3) is 0 Å². The first kappa shape index (κ1) is 20.3. The summed E-state index contributed by atoms with van der Waals surface area (Å²) in [6.45, 7) is 2.29. The molecule has 0 nitrogen and oxygen atoms in total. The highest BCUT2D eigenvalue weighted by molar-refractivity contribution is 5.16. The summed E-state index contributed by atoms with van der Waals surface area (Å²) in [4.78, 5) is 0. The van der Waals surface area contributed by atoms with E-state index in [4.69, 9.17) is 0 Å². The predicted molar refractivity (Wildman–Crippen MR) is 105 cm³/mol. The summed E-state index contributed by atoms with van der Waals surface area (Å²) in [6.07, 6.45) is 23.6. The first-order chi connectivity index (χ1) is 11.4. The minimum absolute atomic E-state index is 1.14. The highest BCUT2D eigenvalue weighted by Gasteiger charge is 1.95. The van der Waals surface area contributed by atoms with Gasteiger partial charge in [0.05, 0.1) is 0 Å². The predicted octanol–water partition coefficient (Wildman–Crippen LogP) is 7.91. The second kappa shape index (κ2) is 16.1. The largest absolute Gasteiger partial charge is 0.0654 e. The third-order valence-corrected chi connectivity index (χ3v) is 4.73. The molecule has 1 aromatic carbocycles. The Bertz CT molecular complexity index is 327. The first-order valence-corrected chi connectivity index (χ1v) is 10.3. The minimum Gasteiger partial charge on any atom is -0.0654 e. The SMILES string of the molecule is CCCCCCCCCCCCCCC[CH]Cc1ccccc1. The van der Waals surface area contributed by atoms with Crippen LogP contribution in [0.15, 0.2) is 30.3 Å². The van der Waals surface area contributed by atoms with E-state index in [1.165, 1.54) is 95.5 Å². The highest BCUT2D eigenvalue weighted by Crippen LogP contribution is 2.13. The summed E-state index contributed by atoms with van der Waals surface area (Å²) < 4.78 is 0. The summed E-state index contributed by atoms with van der Waals surface area (Å²) in [5.74, 6) is 0. The molecule has 131 valence electrons. The number of hydrogen-bond donors (Lipinski definition) is 0. The van der Waals surface area contributed by atoms with Crippen molar-refractivity contribution in [1.82, 2.24) is 0 Å². The monoisotopic (exact) mass is 315 g/mol. The van der Waals surface area contributed by atoms with E-state index in [2.05, 4.69) is 43.7 Å². The molecule has 1 radical (unpaired) electrons. The molecule has 0 spiro atoms. The third kappa shape index (κ3) is 13.4. The Morgan fingerprint density at radius 2 is 1.09 bits per heavy atom. The van der Waals surface area contributed by atoms with Crippen molar-refractivity contribution in [3.05, 3.63) is 42.3 Å². The van der Waals surface area contributed by atoms with Gasteiger partial charge in [-0.3, -0.25) is 0 Å². The van der Waals surface area contributed by atoms with Crippen LogP contribution in [0.2, 0.25) is 0 Å². The van der Waals surface area contributed by atoms with Crippen LogP contribution in [-0.4, -0.2) is 0 Å². The van der Waals surface area contributed by atoms with Crippen LogP contribution in [0.5, 0.6) is 0 Å². The van der Waals surface area contributed by atoms with Crippen LogP contribution in [-0.2, 0) is 6.42 Å². The van der Waals surface area contributed by atoms with Gasteiger partial charge in [0.15, 0.2) is 0 Å². The molecule has 1 rings (SSSR count). The smallest absolute Gasteiger partial charge is 0.0248 e. The van der Waals surface area contributed by atoms with E-state index >= 15 is 0 Å². The zero-order valence-electron chi connectivity index (χ0n) is 15.6. The molecule has 0 atom stereocenters. The quantitative estimate of drug-likeness (QED) is 0.272. The molecular weight excluding hydrogens is 276 g/mol. The molecule has 23 heavy (non-hydrogen) atoms. The zero-order chi connectivity index (χ0) is 16.4. The van der Waals surface area contributed by atoms with Crippen LogP contribution in [0.1, 0.15) is 102 Å². The number of benzene rings is 1. The van der Waals surface area contributed by atoms with Crippen molar-refractivity contribution in [3.8, 4) is 0 Å². The number of rotatable bonds is 16. The summed E-state index contributed by atoms with van der Waals surface area (Å²) in [5.41, 5.74) is 1.45. The van der Waals surface area contributed by atoms with E-state index < -0.39 is 0 Å². The van der Waals surface area contributed by atoms with Crippen molar-refractivity contribution in [2.45, 2.75) is 103 Å². The van der Waals surface area contributed by atoms with Gasteiger partial charge < -0.3 is 0 Å². The fourth-order valence-corrected chi connectivity index (χ4v) is 3.19. The third-order valence-electron chi connectivity index (χ3n) is 4.73. The van der Waals surface area contributed by atoms with Crippen LogP contribution in [0.4, 0.5) is 0 Å². The molecule has 0 bridgehead atoms. The molecule has 0 amide bonds. The molecule has 0 fully saturated rings. The fraction of sp³-hybridized carbons (Fsp3) is 0.696. The summed E-state index contributed by atoms with van der Waals surface area (Å²) in [6, 6.07) is 10.8. The molecule has 0 aromatic heterocycles. The van der Waals surface area contributed by atoms with E-state index in [1.54, 1.807) is 0 Å². The Balaban J connectivity index is 1.72. The summed E-state index contributed by atoms with van der Waals surface area (Å²) in [5, 5.41) is 0. The van der Waals surface area contributed by atoms with Crippen molar-refractivity contribution in [3.63, 3.8) is 0 Å². The normalized spacial score (nSPS) is 11.0. The lowest BCUT2D eigenvalue weighted by Crippen LogP contribution is -1.87. The van der Waals surface area contributed by atoms with Gasteiger partial charge in [-0.2, -0.15) is 0 Å². The van der Waals surface area contributed by atoms with Crippen molar-refractivity contribution in [2.24, 2.45) is 0 Å². The molecule has 0 aliphatic rings. The lowest BCUT2D eigenvalue weighted by Gasteiger charge is -2.03. The van der Waals surface area contributed by atoms with E-state index in [-0.39, 0.29) is 0 Å². The standard InChI is InChI=1S/C23H39/c1-2-3-4-5-6-7-8-9-10-11-12-13-14-15-17-20-23-21-18-16-19-22-23/h16-19,21-22H,2-15,20H2,1H3. The molecular formula is C23H39. The highest BCUT2D eigenvalue weighted by atomic mass is 14.0. The Kier molecular flexibility index (Phi) is 14.2. The minimum atomic E-state index is 1.14. The van der Waals surface area contributed by atoms with Crippen molar-refractivity contribution in [1.29, 1.82) is 0 Å². The molecule has 0 saturated heterocycles. The van der Waals surface area contributed by atoms with Gasteiger partial charge in [-0.05, 0) is 24.8 Å². The molecule has 0 unspecified atom stereocenters. The molecule has 0 saturated carbocycles. The Hall–Kier alpha value is -0.780. The molecule has 0 N–H and O–H groups in total. The maximum atomic E-state index is 2.45. The van der Waals surface area contributed by atoms with Gasteiger partial charge in [-0.25, -0.2) is 0 Å². The van der Waals surface area contributed by atoms with Crippen LogP contribution >= 0.6 is 0 Å². The van der Waals surface area contributed by atoms with Crippen LogP contribution < -0.4 is 0 Å². The average molecular weight is 316 g/mol. The van der Waals surface area contributed by atoms with Gasteiger partial charge in [0.1, 0.15) is 0 Å². The molecule has 0 aliphatic carbocycles. The number of hydrogen-bond acceptors (Lipinski definition) is 0. The van der Waals surface area contributed by atoms with Gasteiger partial charge in [-0.1, -0.05) is 121 Å².